The molecule has 4 aliphatic rings. The Hall–Kier alpha value is -0.760. The zero-order chi connectivity index (χ0) is 31.0. The first-order valence-corrected chi connectivity index (χ1v) is 13.9. The van der Waals surface area contributed by atoms with Crippen LogP contribution in [0.1, 0.15) is 6.42 Å². The standard InChI is InChI=1S/C23H46N6O13/c24-2-7-14(33)16(35)12(29)22(37-7)41-19-9(4-31)39-23(17(19)36)42-20-13(32)5(25)1-6(26)18(20)40-21-11(28)15(34)10(27)8(3-30)38-21/h5-23,30-36H,1-4,24-29H2/t5-,6+,7+,8-,9-,10-,11-,12-,13+,14-,15+,16-,17-,18-,19-,20-,21-,22-,23+/m1/s1. The molecule has 0 aromatic heterocycles. The summed E-state index contributed by atoms with van der Waals surface area (Å²) >= 11 is 0. The van der Waals surface area contributed by atoms with E-state index in [0.29, 0.717) is 0 Å². The molecule has 19 nitrogen and oxygen atoms in total. The Balaban J connectivity index is 1.50. The van der Waals surface area contributed by atoms with E-state index < -0.39 is 129 Å². The van der Waals surface area contributed by atoms with Gasteiger partial charge in [0.1, 0.15) is 54.9 Å². The lowest BCUT2D eigenvalue weighted by Gasteiger charge is -2.47. The van der Waals surface area contributed by atoms with Crippen LogP contribution in [0.4, 0.5) is 0 Å². The molecule has 0 amide bonds. The van der Waals surface area contributed by atoms with Gasteiger partial charge in [-0.05, 0) is 6.42 Å². The largest absolute Gasteiger partial charge is 0.394 e. The molecule has 19 heteroatoms. The number of hydrogen-bond acceptors (Lipinski definition) is 19. The highest BCUT2D eigenvalue weighted by Crippen LogP contribution is 2.34. The van der Waals surface area contributed by atoms with Crippen LogP contribution in [0.25, 0.3) is 0 Å². The molecule has 42 heavy (non-hydrogen) atoms. The molecular formula is C23H46N6O13. The second kappa shape index (κ2) is 14.1. The molecular weight excluding hydrogens is 568 g/mol. The Morgan fingerprint density at radius 1 is 0.524 bits per heavy atom. The average molecular weight is 615 g/mol. The summed E-state index contributed by atoms with van der Waals surface area (Å²) in [7, 11) is 0. The fourth-order valence-electron chi connectivity index (χ4n) is 5.75. The molecule has 0 radical (unpaired) electrons. The van der Waals surface area contributed by atoms with Gasteiger partial charge in [-0.15, -0.1) is 0 Å². The lowest BCUT2D eigenvalue weighted by Crippen LogP contribution is -2.69. The van der Waals surface area contributed by atoms with Crippen molar-refractivity contribution in [1.29, 1.82) is 0 Å². The summed E-state index contributed by atoms with van der Waals surface area (Å²) in [6.07, 6.45) is -18.3. The Morgan fingerprint density at radius 3 is 1.64 bits per heavy atom. The van der Waals surface area contributed by atoms with Crippen molar-refractivity contribution in [2.24, 2.45) is 34.4 Å². The van der Waals surface area contributed by atoms with Crippen LogP contribution in [0.15, 0.2) is 0 Å². The Morgan fingerprint density at radius 2 is 1.05 bits per heavy atom. The molecule has 4 fully saturated rings. The zero-order valence-corrected chi connectivity index (χ0v) is 22.8. The van der Waals surface area contributed by atoms with Gasteiger partial charge in [0.15, 0.2) is 18.9 Å². The third-order valence-corrected chi connectivity index (χ3v) is 8.41. The van der Waals surface area contributed by atoms with Gasteiger partial charge in [-0.2, -0.15) is 0 Å². The second-order valence-electron chi connectivity index (χ2n) is 11.3. The summed E-state index contributed by atoms with van der Waals surface area (Å²) in [6, 6.07) is -5.10. The van der Waals surface area contributed by atoms with E-state index in [1.54, 1.807) is 0 Å². The number of nitrogens with two attached hydrogens (primary N) is 6. The van der Waals surface area contributed by atoms with Crippen molar-refractivity contribution in [3.05, 3.63) is 0 Å². The van der Waals surface area contributed by atoms with E-state index in [2.05, 4.69) is 0 Å². The molecule has 3 saturated heterocycles. The lowest BCUT2D eigenvalue weighted by atomic mass is 9.84. The van der Waals surface area contributed by atoms with Crippen LogP contribution in [0.5, 0.6) is 0 Å². The van der Waals surface area contributed by atoms with Crippen molar-refractivity contribution in [3.8, 4) is 0 Å². The third-order valence-electron chi connectivity index (χ3n) is 8.41. The van der Waals surface area contributed by atoms with Gasteiger partial charge in [0.2, 0.25) is 0 Å². The maximum absolute atomic E-state index is 11.1. The molecule has 0 unspecified atom stereocenters. The topological polar surface area (TPSA) is 353 Å². The van der Waals surface area contributed by atoms with Gasteiger partial charge in [0.05, 0.1) is 43.5 Å². The van der Waals surface area contributed by atoms with Crippen LogP contribution >= 0.6 is 0 Å². The zero-order valence-electron chi connectivity index (χ0n) is 22.8. The van der Waals surface area contributed by atoms with E-state index in [9.17, 15) is 35.7 Å². The second-order valence-corrected chi connectivity index (χ2v) is 11.3. The molecule has 1 aliphatic carbocycles. The molecule has 0 aromatic carbocycles. The Bertz CT molecular complexity index is 868. The van der Waals surface area contributed by atoms with Crippen molar-refractivity contribution in [1.82, 2.24) is 0 Å². The van der Waals surface area contributed by atoms with E-state index in [1.807, 2.05) is 0 Å². The molecule has 19 N–H and O–H groups in total. The van der Waals surface area contributed by atoms with E-state index >= 15 is 0 Å². The normalized spacial score (nSPS) is 53.8. The third kappa shape index (κ3) is 6.60. The quantitative estimate of drug-likeness (QED) is 0.115. The molecule has 0 aromatic rings. The van der Waals surface area contributed by atoms with Crippen molar-refractivity contribution in [2.45, 2.75) is 123 Å². The van der Waals surface area contributed by atoms with E-state index in [-0.39, 0.29) is 13.0 Å². The van der Waals surface area contributed by atoms with Crippen molar-refractivity contribution in [2.75, 3.05) is 19.8 Å². The summed E-state index contributed by atoms with van der Waals surface area (Å²) < 4.78 is 34.6. The van der Waals surface area contributed by atoms with Crippen LogP contribution in [0.3, 0.4) is 0 Å². The van der Waals surface area contributed by atoms with Gasteiger partial charge >= 0.3 is 0 Å². The number of rotatable bonds is 9. The number of aliphatic hydroxyl groups is 7. The maximum atomic E-state index is 11.1. The van der Waals surface area contributed by atoms with Crippen LogP contribution in [0, 0.1) is 0 Å². The fourth-order valence-corrected chi connectivity index (χ4v) is 5.75. The predicted octanol–water partition coefficient (Wildman–Crippen LogP) is -8.90. The van der Waals surface area contributed by atoms with E-state index in [0.717, 1.165) is 0 Å². The van der Waals surface area contributed by atoms with Gasteiger partial charge in [-0.3, -0.25) is 0 Å². The first kappa shape index (κ1) is 34.1. The van der Waals surface area contributed by atoms with Gasteiger partial charge in [0.25, 0.3) is 0 Å². The highest BCUT2D eigenvalue weighted by atomic mass is 16.8. The van der Waals surface area contributed by atoms with Crippen molar-refractivity contribution in [3.63, 3.8) is 0 Å². The number of aliphatic hydroxyl groups excluding tert-OH is 7. The first-order valence-electron chi connectivity index (χ1n) is 13.9. The summed E-state index contributed by atoms with van der Waals surface area (Å²) in [5, 5.41) is 72.5. The number of ether oxygens (including phenoxy) is 6. The predicted molar refractivity (Wildman–Crippen MR) is 138 cm³/mol. The van der Waals surface area contributed by atoms with Crippen molar-refractivity contribution < 1.29 is 64.2 Å². The van der Waals surface area contributed by atoms with Gasteiger partial charge < -0.3 is 98.6 Å². The summed E-state index contributed by atoms with van der Waals surface area (Å²) in [5.74, 6) is 0. The van der Waals surface area contributed by atoms with Crippen LogP contribution in [-0.4, -0.2) is 172 Å². The molecule has 246 valence electrons. The highest BCUT2D eigenvalue weighted by molar-refractivity contribution is 5.02. The Labute approximate surface area is 241 Å². The van der Waals surface area contributed by atoms with Gasteiger partial charge in [0, 0.05) is 18.6 Å². The van der Waals surface area contributed by atoms with Crippen LogP contribution < -0.4 is 34.4 Å². The SMILES string of the molecule is NC[C@@H]1O[C@H](O[C@H]2[C@@H](O)[C@H](O[C@@H]3[C@@H](O)[C@H](N)C[C@H](N)[C@H]3O[C@H]3O[C@H](CO)[C@@H](N)[C@H](O)[C@H]3N)O[C@@H]2CO)[C@H](N)[C@@H](O)[C@@H]1O. The minimum Gasteiger partial charge on any atom is -0.394 e. The van der Waals surface area contributed by atoms with E-state index in [4.69, 9.17) is 62.8 Å². The minimum absolute atomic E-state index is 0.0889. The first-order chi connectivity index (χ1) is 19.8. The molecule has 3 heterocycles. The average Bonchev–Trinajstić information content (AvgIpc) is 3.27. The van der Waals surface area contributed by atoms with Gasteiger partial charge in [-0.25, -0.2) is 0 Å². The summed E-state index contributed by atoms with van der Waals surface area (Å²) in [6.45, 7) is -1.34. The Kier molecular flexibility index (Phi) is 11.5. The fraction of sp³-hybridized carbons (Fsp3) is 1.00. The molecule has 0 spiro atoms. The van der Waals surface area contributed by atoms with Crippen LogP contribution in [-0.2, 0) is 28.4 Å². The summed E-state index contributed by atoms with van der Waals surface area (Å²) in [5.41, 5.74) is 35.9. The van der Waals surface area contributed by atoms with E-state index in [1.165, 1.54) is 0 Å². The molecule has 1 saturated carbocycles. The van der Waals surface area contributed by atoms with Crippen molar-refractivity contribution >= 4 is 0 Å². The monoisotopic (exact) mass is 614 g/mol. The summed E-state index contributed by atoms with van der Waals surface area (Å²) in [4.78, 5) is 0. The van der Waals surface area contributed by atoms with Crippen LogP contribution in [0.2, 0.25) is 0 Å². The minimum atomic E-state index is -1.60. The molecule has 3 aliphatic heterocycles. The van der Waals surface area contributed by atoms with Gasteiger partial charge in [-0.1, -0.05) is 0 Å². The smallest absolute Gasteiger partial charge is 0.187 e. The molecule has 19 atom stereocenters. The number of hydrogen-bond donors (Lipinski definition) is 13. The maximum Gasteiger partial charge on any atom is 0.187 e. The highest BCUT2D eigenvalue weighted by Gasteiger charge is 2.54. The molecule has 0 bridgehead atoms. The lowest BCUT2D eigenvalue weighted by molar-refractivity contribution is -0.299. The molecule has 4 rings (SSSR count).